The Bertz CT molecular complexity index is 297. The van der Waals surface area contributed by atoms with Crippen LogP contribution in [0.15, 0.2) is 0 Å². The molecule has 2 amide bonds. The molecule has 1 saturated heterocycles. The van der Waals surface area contributed by atoms with Crippen LogP contribution in [0, 0.1) is 11.3 Å². The van der Waals surface area contributed by atoms with E-state index in [9.17, 15) is 9.90 Å². The molecule has 118 valence electrons. The van der Waals surface area contributed by atoms with Gasteiger partial charge in [-0.3, -0.25) is 0 Å². The Balaban J connectivity index is 2.17. The van der Waals surface area contributed by atoms with Crippen LogP contribution in [0.25, 0.3) is 0 Å². The molecule has 0 aromatic carbocycles. The van der Waals surface area contributed by atoms with Crippen molar-refractivity contribution in [2.45, 2.75) is 46.1 Å². The lowest BCUT2D eigenvalue weighted by Crippen LogP contribution is -2.44. The number of likely N-dealkylation sites (tertiary alicyclic amines) is 1. The minimum Gasteiger partial charge on any atom is -0.393 e. The summed E-state index contributed by atoms with van der Waals surface area (Å²) >= 11 is 0. The van der Waals surface area contributed by atoms with E-state index in [0.29, 0.717) is 18.9 Å². The molecule has 20 heavy (non-hydrogen) atoms. The molecule has 1 fully saturated rings. The fourth-order valence-electron chi connectivity index (χ4n) is 2.76. The van der Waals surface area contributed by atoms with E-state index in [2.05, 4.69) is 36.4 Å². The van der Waals surface area contributed by atoms with Crippen molar-refractivity contribution < 1.29 is 9.90 Å². The van der Waals surface area contributed by atoms with Crippen LogP contribution in [0.2, 0.25) is 0 Å². The first-order valence-corrected chi connectivity index (χ1v) is 7.67. The molecule has 0 spiro atoms. The van der Waals surface area contributed by atoms with Gasteiger partial charge >= 0.3 is 6.03 Å². The van der Waals surface area contributed by atoms with Crippen LogP contribution in [0.4, 0.5) is 4.79 Å². The molecule has 0 aliphatic carbocycles. The topological polar surface area (TPSA) is 64.6 Å². The zero-order valence-corrected chi connectivity index (χ0v) is 13.4. The van der Waals surface area contributed by atoms with Gasteiger partial charge in [0.15, 0.2) is 0 Å². The van der Waals surface area contributed by atoms with E-state index in [1.165, 1.54) is 0 Å². The van der Waals surface area contributed by atoms with Gasteiger partial charge in [-0.05, 0) is 57.7 Å². The maximum Gasteiger partial charge on any atom is 0.314 e. The second kappa shape index (κ2) is 7.84. The highest BCUT2D eigenvalue weighted by Gasteiger charge is 2.21. The Hall–Kier alpha value is -0.810. The maximum absolute atomic E-state index is 11.8. The first-order chi connectivity index (χ1) is 9.28. The summed E-state index contributed by atoms with van der Waals surface area (Å²) in [6, 6.07) is -0.0948. The summed E-state index contributed by atoms with van der Waals surface area (Å²) in [6.45, 7) is 9.47. The summed E-state index contributed by atoms with van der Waals surface area (Å²) in [7, 11) is 2.14. The molecule has 1 rings (SSSR count). The predicted molar refractivity (Wildman–Crippen MR) is 81.7 cm³/mol. The average Bonchev–Trinajstić information content (AvgIpc) is 2.34. The van der Waals surface area contributed by atoms with Crippen LogP contribution in [0.1, 0.15) is 40.0 Å². The number of amides is 2. The van der Waals surface area contributed by atoms with E-state index in [1.807, 2.05) is 0 Å². The third-order valence-corrected chi connectivity index (χ3v) is 3.96. The van der Waals surface area contributed by atoms with Crippen molar-refractivity contribution in [2.75, 3.05) is 33.2 Å². The molecule has 1 unspecified atom stereocenters. The molecule has 1 aliphatic heterocycles. The summed E-state index contributed by atoms with van der Waals surface area (Å²) < 4.78 is 0. The van der Waals surface area contributed by atoms with Gasteiger partial charge in [-0.2, -0.15) is 0 Å². The lowest BCUT2D eigenvalue weighted by atomic mass is 9.87. The van der Waals surface area contributed by atoms with Crippen molar-refractivity contribution in [2.24, 2.45) is 11.3 Å². The summed E-state index contributed by atoms with van der Waals surface area (Å²) in [5.74, 6) is 0.599. The quantitative estimate of drug-likeness (QED) is 0.691. The van der Waals surface area contributed by atoms with E-state index in [-0.39, 0.29) is 17.6 Å². The van der Waals surface area contributed by atoms with E-state index < -0.39 is 0 Å². The van der Waals surface area contributed by atoms with Crippen molar-refractivity contribution >= 4 is 6.03 Å². The summed E-state index contributed by atoms with van der Waals surface area (Å²) in [5, 5.41) is 15.3. The van der Waals surface area contributed by atoms with Crippen molar-refractivity contribution in [3.8, 4) is 0 Å². The number of urea groups is 1. The largest absolute Gasteiger partial charge is 0.393 e. The number of carbonyl (C=O) groups excluding carboxylic acids is 1. The molecule has 5 heteroatoms. The normalized spacial score (nSPS) is 19.6. The molecule has 0 bridgehead atoms. The molecule has 5 nitrogen and oxygen atoms in total. The Kier molecular flexibility index (Phi) is 6.76. The standard InChI is InChI=1S/C15H31N3O2/c1-12(19)9-15(2,3)11-17-14(20)16-10-13-5-7-18(4)8-6-13/h12-13,19H,5-11H2,1-4H3,(H2,16,17,20). The van der Waals surface area contributed by atoms with E-state index in [1.54, 1.807) is 6.92 Å². The molecule has 1 heterocycles. The number of nitrogens with zero attached hydrogens (tertiary/aromatic N) is 1. The Labute approximate surface area is 123 Å². The summed E-state index contributed by atoms with van der Waals surface area (Å²) in [5.41, 5.74) is -0.0843. The second-order valence-corrected chi connectivity index (χ2v) is 7.03. The maximum atomic E-state index is 11.8. The molecular formula is C15H31N3O2. The summed E-state index contributed by atoms with van der Waals surface area (Å²) in [4.78, 5) is 14.1. The number of rotatable bonds is 6. The minimum atomic E-state index is -0.339. The fourth-order valence-corrected chi connectivity index (χ4v) is 2.76. The van der Waals surface area contributed by atoms with Gasteiger partial charge in [-0.15, -0.1) is 0 Å². The van der Waals surface area contributed by atoms with Crippen molar-refractivity contribution in [3.05, 3.63) is 0 Å². The number of carbonyl (C=O) groups is 1. The van der Waals surface area contributed by atoms with Gasteiger partial charge in [0.25, 0.3) is 0 Å². The number of hydrogen-bond donors (Lipinski definition) is 3. The Morgan fingerprint density at radius 1 is 1.35 bits per heavy atom. The van der Waals surface area contributed by atoms with E-state index >= 15 is 0 Å². The lowest BCUT2D eigenvalue weighted by molar-refractivity contribution is 0.128. The number of piperidine rings is 1. The third kappa shape index (κ3) is 7.10. The molecular weight excluding hydrogens is 254 g/mol. The number of aliphatic hydroxyl groups excluding tert-OH is 1. The lowest BCUT2D eigenvalue weighted by Gasteiger charge is -2.29. The van der Waals surface area contributed by atoms with Gasteiger partial charge in [0, 0.05) is 13.1 Å². The highest BCUT2D eigenvalue weighted by atomic mass is 16.3. The average molecular weight is 285 g/mol. The Morgan fingerprint density at radius 2 is 1.95 bits per heavy atom. The zero-order valence-electron chi connectivity index (χ0n) is 13.4. The summed E-state index contributed by atoms with van der Waals surface area (Å²) in [6.07, 6.45) is 2.66. The second-order valence-electron chi connectivity index (χ2n) is 7.03. The first kappa shape index (κ1) is 17.2. The van der Waals surface area contributed by atoms with Crippen molar-refractivity contribution in [1.29, 1.82) is 0 Å². The van der Waals surface area contributed by atoms with Gasteiger partial charge in [-0.1, -0.05) is 13.8 Å². The molecule has 3 N–H and O–H groups in total. The smallest absolute Gasteiger partial charge is 0.314 e. The van der Waals surface area contributed by atoms with Crippen LogP contribution in [-0.2, 0) is 0 Å². The van der Waals surface area contributed by atoms with Crippen LogP contribution in [-0.4, -0.2) is 55.4 Å². The van der Waals surface area contributed by atoms with Crippen molar-refractivity contribution in [3.63, 3.8) is 0 Å². The van der Waals surface area contributed by atoms with Crippen LogP contribution in [0.3, 0.4) is 0 Å². The van der Waals surface area contributed by atoms with Gasteiger partial charge in [-0.25, -0.2) is 4.79 Å². The highest BCUT2D eigenvalue weighted by Crippen LogP contribution is 2.21. The predicted octanol–water partition coefficient (Wildman–Crippen LogP) is 1.42. The van der Waals surface area contributed by atoms with Crippen LogP contribution >= 0.6 is 0 Å². The molecule has 1 atom stereocenters. The number of aliphatic hydroxyl groups is 1. The molecule has 1 aliphatic rings. The van der Waals surface area contributed by atoms with Gasteiger partial charge in [0.1, 0.15) is 0 Å². The fraction of sp³-hybridized carbons (Fsp3) is 0.933. The third-order valence-electron chi connectivity index (χ3n) is 3.96. The molecule has 0 aromatic rings. The highest BCUT2D eigenvalue weighted by molar-refractivity contribution is 5.73. The van der Waals surface area contributed by atoms with E-state index in [0.717, 1.165) is 32.5 Å². The number of hydrogen-bond acceptors (Lipinski definition) is 3. The minimum absolute atomic E-state index is 0.0843. The first-order valence-electron chi connectivity index (χ1n) is 7.67. The van der Waals surface area contributed by atoms with Gasteiger partial charge in [0.2, 0.25) is 0 Å². The van der Waals surface area contributed by atoms with E-state index in [4.69, 9.17) is 0 Å². The SMILES string of the molecule is CC(O)CC(C)(C)CNC(=O)NCC1CCN(C)CC1. The van der Waals surface area contributed by atoms with Gasteiger partial charge in [0.05, 0.1) is 6.10 Å². The van der Waals surface area contributed by atoms with Crippen molar-refractivity contribution in [1.82, 2.24) is 15.5 Å². The monoisotopic (exact) mass is 285 g/mol. The molecule has 0 aromatic heterocycles. The zero-order chi connectivity index (χ0) is 15.2. The Morgan fingerprint density at radius 3 is 2.50 bits per heavy atom. The van der Waals surface area contributed by atoms with Gasteiger partial charge < -0.3 is 20.6 Å². The number of nitrogens with one attached hydrogen (secondary N) is 2. The van der Waals surface area contributed by atoms with Crippen LogP contribution < -0.4 is 10.6 Å². The molecule has 0 saturated carbocycles. The van der Waals surface area contributed by atoms with Crippen LogP contribution in [0.5, 0.6) is 0 Å². The molecule has 0 radical (unpaired) electrons.